The molecule has 25 heavy (non-hydrogen) atoms. The number of carbonyl (C=O) groups excluding carboxylic acids is 1. The first-order valence-corrected chi connectivity index (χ1v) is 8.34. The van der Waals surface area contributed by atoms with Gasteiger partial charge in [-0.25, -0.2) is 4.79 Å². The van der Waals surface area contributed by atoms with Crippen LogP contribution in [-0.4, -0.2) is 26.1 Å². The number of rotatable bonds is 8. The van der Waals surface area contributed by atoms with Gasteiger partial charge in [0.25, 0.3) is 0 Å². The van der Waals surface area contributed by atoms with Crippen LogP contribution in [0.25, 0.3) is 0 Å². The van der Waals surface area contributed by atoms with Crippen molar-refractivity contribution in [3.8, 4) is 11.5 Å². The molecule has 132 valence electrons. The Kier molecular flexibility index (Phi) is 7.50. The van der Waals surface area contributed by atoms with Crippen LogP contribution in [0.1, 0.15) is 31.7 Å². The van der Waals surface area contributed by atoms with Gasteiger partial charge in [-0.3, -0.25) is 4.99 Å². The molecule has 0 radical (unpaired) electrons. The maximum atomic E-state index is 11.5. The largest absolute Gasteiger partial charge is 0.513 e. The molecule has 0 saturated carbocycles. The lowest BCUT2D eigenvalue weighted by atomic mass is 10.2. The summed E-state index contributed by atoms with van der Waals surface area (Å²) in [4.78, 5) is 15.9. The number of methoxy groups -OCH3 is 1. The van der Waals surface area contributed by atoms with Crippen molar-refractivity contribution in [2.24, 2.45) is 4.99 Å². The third kappa shape index (κ3) is 6.67. The van der Waals surface area contributed by atoms with Gasteiger partial charge < -0.3 is 14.2 Å². The van der Waals surface area contributed by atoms with Gasteiger partial charge in [0.15, 0.2) is 0 Å². The first-order chi connectivity index (χ1) is 12.2. The van der Waals surface area contributed by atoms with Crippen molar-refractivity contribution in [2.45, 2.75) is 26.2 Å². The summed E-state index contributed by atoms with van der Waals surface area (Å²) < 4.78 is 15.2. The number of aliphatic imine (C=N–C) groups is 1. The van der Waals surface area contributed by atoms with E-state index in [9.17, 15) is 4.79 Å². The summed E-state index contributed by atoms with van der Waals surface area (Å²) in [6.45, 7) is 2.48. The third-order valence-corrected chi connectivity index (χ3v) is 3.48. The number of nitrogens with zero attached hydrogens (tertiary/aromatic N) is 1. The van der Waals surface area contributed by atoms with Crippen LogP contribution < -0.4 is 9.47 Å². The van der Waals surface area contributed by atoms with Crippen LogP contribution in [-0.2, 0) is 4.74 Å². The van der Waals surface area contributed by atoms with Crippen LogP contribution in [0.4, 0.5) is 10.5 Å². The summed E-state index contributed by atoms with van der Waals surface area (Å²) in [7, 11) is 1.63. The molecule has 5 heteroatoms. The molecule has 2 rings (SSSR count). The van der Waals surface area contributed by atoms with Crippen molar-refractivity contribution in [3.63, 3.8) is 0 Å². The van der Waals surface area contributed by atoms with E-state index in [4.69, 9.17) is 14.2 Å². The highest BCUT2D eigenvalue weighted by Gasteiger charge is 2.05. The van der Waals surface area contributed by atoms with E-state index in [-0.39, 0.29) is 0 Å². The second-order valence-electron chi connectivity index (χ2n) is 5.43. The number of unbranched alkanes of at least 4 members (excludes halogenated alkanes) is 2. The predicted octanol–water partition coefficient (Wildman–Crippen LogP) is 5.15. The standard InChI is InChI=1S/C20H23NO4/c1-3-4-5-14-24-20(22)25-19-10-6-16(7-11-19)15-21-17-8-12-18(23-2)13-9-17/h6-13,15H,3-5,14H2,1-2H3/b21-15+. The van der Waals surface area contributed by atoms with Gasteiger partial charge in [-0.15, -0.1) is 0 Å². The SMILES string of the molecule is CCCCCOC(=O)Oc1ccc(/C=N/c2ccc(OC)cc2)cc1. The lowest BCUT2D eigenvalue weighted by Gasteiger charge is -2.05. The average molecular weight is 341 g/mol. The van der Waals surface area contributed by atoms with Crippen molar-refractivity contribution in [1.29, 1.82) is 0 Å². The van der Waals surface area contributed by atoms with Crippen LogP contribution in [0.15, 0.2) is 53.5 Å². The molecule has 0 aliphatic carbocycles. The van der Waals surface area contributed by atoms with Crippen molar-refractivity contribution >= 4 is 18.1 Å². The Hall–Kier alpha value is -2.82. The summed E-state index contributed by atoms with van der Waals surface area (Å²) in [5.74, 6) is 1.24. The molecular weight excluding hydrogens is 318 g/mol. The van der Waals surface area contributed by atoms with Gasteiger partial charge in [-0.2, -0.15) is 0 Å². The molecule has 2 aromatic rings. The molecule has 0 bridgehead atoms. The van der Waals surface area contributed by atoms with Gasteiger partial charge in [-0.05, 0) is 60.5 Å². The second kappa shape index (κ2) is 10.1. The third-order valence-electron chi connectivity index (χ3n) is 3.48. The molecule has 0 N–H and O–H groups in total. The van der Waals surface area contributed by atoms with Crippen molar-refractivity contribution in [3.05, 3.63) is 54.1 Å². The highest BCUT2D eigenvalue weighted by atomic mass is 16.7. The summed E-state index contributed by atoms with van der Waals surface area (Å²) in [6.07, 6.45) is 4.05. The van der Waals surface area contributed by atoms with Gasteiger partial charge in [0, 0.05) is 6.21 Å². The summed E-state index contributed by atoms with van der Waals surface area (Å²) in [6, 6.07) is 14.5. The van der Waals surface area contributed by atoms with Gasteiger partial charge in [0.2, 0.25) is 0 Å². The lowest BCUT2D eigenvalue weighted by molar-refractivity contribution is 0.0974. The van der Waals surface area contributed by atoms with E-state index in [1.165, 1.54) is 0 Å². The maximum Gasteiger partial charge on any atom is 0.513 e. The van der Waals surface area contributed by atoms with Gasteiger partial charge in [0.1, 0.15) is 11.5 Å². The van der Waals surface area contributed by atoms with Crippen LogP contribution in [0.2, 0.25) is 0 Å². The Morgan fingerprint density at radius 2 is 1.68 bits per heavy atom. The van der Waals surface area contributed by atoms with E-state index < -0.39 is 6.16 Å². The Balaban J connectivity index is 1.84. The monoisotopic (exact) mass is 341 g/mol. The average Bonchev–Trinajstić information content (AvgIpc) is 2.65. The molecule has 0 aliphatic rings. The highest BCUT2D eigenvalue weighted by molar-refractivity contribution is 5.82. The van der Waals surface area contributed by atoms with Crippen LogP contribution in [0, 0.1) is 0 Å². The van der Waals surface area contributed by atoms with E-state index in [0.717, 1.165) is 36.3 Å². The topological polar surface area (TPSA) is 57.1 Å². The van der Waals surface area contributed by atoms with Gasteiger partial charge in [-0.1, -0.05) is 19.8 Å². The van der Waals surface area contributed by atoms with Crippen molar-refractivity contribution < 1.29 is 19.0 Å². The summed E-state index contributed by atoms with van der Waals surface area (Å²) in [5, 5.41) is 0. The Labute approximate surface area is 148 Å². The van der Waals surface area contributed by atoms with E-state index in [1.807, 2.05) is 36.4 Å². The molecule has 5 nitrogen and oxygen atoms in total. The molecule has 0 unspecified atom stereocenters. The maximum absolute atomic E-state index is 11.5. The lowest BCUT2D eigenvalue weighted by Crippen LogP contribution is -2.11. The normalized spacial score (nSPS) is 10.6. The fourth-order valence-corrected chi connectivity index (χ4v) is 2.07. The molecular formula is C20H23NO4. The molecule has 0 fully saturated rings. The quantitative estimate of drug-likeness (QED) is 0.288. The minimum atomic E-state index is -0.671. The number of hydrogen-bond donors (Lipinski definition) is 0. The number of benzene rings is 2. The Morgan fingerprint density at radius 3 is 2.32 bits per heavy atom. The van der Waals surface area contributed by atoms with E-state index in [2.05, 4.69) is 11.9 Å². The smallest absolute Gasteiger partial charge is 0.497 e. The predicted molar refractivity (Wildman–Crippen MR) is 98.2 cm³/mol. The summed E-state index contributed by atoms with van der Waals surface area (Å²) >= 11 is 0. The molecule has 0 heterocycles. The second-order valence-corrected chi connectivity index (χ2v) is 5.43. The van der Waals surface area contributed by atoms with Gasteiger partial charge >= 0.3 is 6.16 Å². The summed E-state index contributed by atoms with van der Waals surface area (Å²) in [5.41, 5.74) is 1.73. The van der Waals surface area contributed by atoms with E-state index >= 15 is 0 Å². The first-order valence-electron chi connectivity index (χ1n) is 8.34. The molecule has 0 spiro atoms. The minimum Gasteiger partial charge on any atom is -0.497 e. The molecule has 0 aliphatic heterocycles. The molecule has 2 aromatic carbocycles. The van der Waals surface area contributed by atoms with Gasteiger partial charge in [0.05, 0.1) is 19.4 Å². The van der Waals surface area contributed by atoms with E-state index in [0.29, 0.717) is 12.4 Å². The molecule has 0 atom stereocenters. The number of carbonyl (C=O) groups is 1. The van der Waals surface area contributed by atoms with Crippen molar-refractivity contribution in [2.75, 3.05) is 13.7 Å². The number of ether oxygens (including phenoxy) is 3. The zero-order valence-electron chi connectivity index (χ0n) is 14.6. The van der Waals surface area contributed by atoms with Crippen LogP contribution >= 0.6 is 0 Å². The highest BCUT2D eigenvalue weighted by Crippen LogP contribution is 2.18. The molecule has 0 amide bonds. The van der Waals surface area contributed by atoms with E-state index in [1.54, 1.807) is 25.5 Å². The Morgan fingerprint density at radius 1 is 1.00 bits per heavy atom. The minimum absolute atomic E-state index is 0.388. The Bertz CT molecular complexity index is 678. The zero-order valence-corrected chi connectivity index (χ0v) is 14.6. The fraction of sp³-hybridized carbons (Fsp3) is 0.300. The first kappa shape index (κ1) is 18.5. The number of hydrogen-bond acceptors (Lipinski definition) is 5. The van der Waals surface area contributed by atoms with Crippen LogP contribution in [0.3, 0.4) is 0 Å². The zero-order chi connectivity index (χ0) is 17.9. The van der Waals surface area contributed by atoms with Crippen LogP contribution in [0.5, 0.6) is 11.5 Å². The molecule has 0 aromatic heterocycles. The molecule has 0 saturated heterocycles. The fourth-order valence-electron chi connectivity index (χ4n) is 2.07. The van der Waals surface area contributed by atoms with Crippen molar-refractivity contribution in [1.82, 2.24) is 0 Å².